The van der Waals surface area contributed by atoms with E-state index in [4.69, 9.17) is 4.42 Å². The Morgan fingerprint density at radius 1 is 1.55 bits per heavy atom. The van der Waals surface area contributed by atoms with Gasteiger partial charge in [-0.25, -0.2) is 0 Å². The van der Waals surface area contributed by atoms with Gasteiger partial charge in [0.15, 0.2) is 0 Å². The Labute approximate surface area is 62.6 Å². The van der Waals surface area contributed by atoms with Crippen LogP contribution in [0.2, 0.25) is 0 Å². The standard InChI is InChI=1S/C5H4O5S/c1-11(6,7)10-3-2-8-5-4(3)9-5/h2H,1H3. The van der Waals surface area contributed by atoms with Crippen molar-refractivity contribution in [1.82, 2.24) is 0 Å². The second-order valence-corrected chi connectivity index (χ2v) is 3.68. The first kappa shape index (κ1) is 6.53. The number of hydrogen-bond acceptors (Lipinski definition) is 5. The minimum atomic E-state index is -3.48. The molecule has 0 saturated carbocycles. The van der Waals surface area contributed by atoms with E-state index in [0.717, 1.165) is 6.26 Å². The molecule has 0 atom stereocenters. The minimum absolute atomic E-state index is 0.113. The Morgan fingerprint density at radius 3 is 2.64 bits per heavy atom. The third-order valence-electron chi connectivity index (χ3n) is 1.08. The predicted molar refractivity (Wildman–Crippen MR) is 34.3 cm³/mol. The normalized spacial score (nSPS) is 13.5. The summed E-state index contributed by atoms with van der Waals surface area (Å²) < 4.78 is 34.9. The molecule has 0 unspecified atom stereocenters. The van der Waals surface area contributed by atoms with Crippen LogP contribution in [0.1, 0.15) is 0 Å². The van der Waals surface area contributed by atoms with Crippen molar-refractivity contribution in [3.63, 3.8) is 0 Å². The van der Waals surface area contributed by atoms with Crippen molar-refractivity contribution < 1.29 is 21.8 Å². The fourth-order valence-corrected chi connectivity index (χ4v) is 1.12. The molecule has 60 valence electrons. The Morgan fingerprint density at radius 2 is 2.27 bits per heavy atom. The van der Waals surface area contributed by atoms with E-state index in [0.29, 0.717) is 11.7 Å². The van der Waals surface area contributed by atoms with E-state index in [2.05, 4.69) is 8.92 Å². The number of fused-ring (bicyclic) bond motifs is 1. The second kappa shape index (κ2) is 1.70. The van der Waals surface area contributed by atoms with Crippen molar-refractivity contribution in [1.29, 1.82) is 0 Å². The summed E-state index contributed by atoms with van der Waals surface area (Å²) in [6.45, 7) is 0. The summed E-state index contributed by atoms with van der Waals surface area (Å²) in [7, 11) is -3.48. The molecule has 0 aliphatic carbocycles. The molecule has 0 fully saturated rings. The molecule has 0 saturated heterocycles. The van der Waals surface area contributed by atoms with Gasteiger partial charge in [0.1, 0.15) is 6.26 Å². The van der Waals surface area contributed by atoms with Gasteiger partial charge in [0.25, 0.3) is 5.75 Å². The molecule has 6 heteroatoms. The van der Waals surface area contributed by atoms with Crippen LogP contribution in [0.15, 0.2) is 10.7 Å². The quantitative estimate of drug-likeness (QED) is 0.498. The van der Waals surface area contributed by atoms with E-state index < -0.39 is 10.1 Å². The van der Waals surface area contributed by atoms with Crippen molar-refractivity contribution in [2.24, 2.45) is 0 Å². The maximum atomic E-state index is 10.6. The van der Waals surface area contributed by atoms with Crippen molar-refractivity contribution in [3.05, 3.63) is 6.26 Å². The van der Waals surface area contributed by atoms with Gasteiger partial charge in [-0.2, -0.15) is 8.42 Å². The van der Waals surface area contributed by atoms with Crippen molar-refractivity contribution in [2.45, 2.75) is 0 Å². The third kappa shape index (κ3) is 1.16. The maximum absolute atomic E-state index is 10.6. The summed E-state index contributed by atoms with van der Waals surface area (Å²) >= 11 is 0. The summed E-state index contributed by atoms with van der Waals surface area (Å²) in [5.41, 5.74) is 0. The highest BCUT2D eigenvalue weighted by molar-refractivity contribution is 7.86. The molecular weight excluding hydrogens is 172 g/mol. The summed E-state index contributed by atoms with van der Waals surface area (Å²) in [4.78, 5) is 0. The van der Waals surface area contributed by atoms with Gasteiger partial charge in [-0.3, -0.25) is 0 Å². The van der Waals surface area contributed by atoms with Crippen LogP contribution in [0.4, 0.5) is 0 Å². The second-order valence-electron chi connectivity index (χ2n) is 2.11. The topological polar surface area (TPSA) is 69.0 Å². The average molecular weight is 176 g/mol. The lowest BCUT2D eigenvalue weighted by atomic mass is 10.6. The SMILES string of the molecule is CS(=O)(=O)Oc1coc2c1O2. The number of furan rings is 1. The largest absolute Gasteiger partial charge is 0.427 e. The molecule has 1 aliphatic heterocycles. The van der Waals surface area contributed by atoms with Gasteiger partial charge in [-0.1, -0.05) is 0 Å². The molecule has 2 rings (SSSR count). The van der Waals surface area contributed by atoms with Crippen LogP contribution in [0.3, 0.4) is 0 Å². The van der Waals surface area contributed by atoms with Gasteiger partial charge in [-0.05, 0) is 0 Å². The lowest BCUT2D eigenvalue weighted by molar-refractivity contribution is 0.417. The Bertz CT molecular complexity index is 387. The van der Waals surface area contributed by atoms with Crippen LogP contribution >= 0.6 is 0 Å². The molecular formula is C5H4O5S. The predicted octanol–water partition coefficient (Wildman–Crippen LogP) is 0.724. The smallest absolute Gasteiger partial charge is 0.339 e. The van der Waals surface area contributed by atoms with Gasteiger partial charge >= 0.3 is 16.1 Å². The molecule has 0 spiro atoms. The molecule has 1 aliphatic rings. The fourth-order valence-electron chi connectivity index (χ4n) is 0.677. The zero-order chi connectivity index (χ0) is 8.06. The molecule has 0 aromatic carbocycles. The first-order valence-corrected chi connectivity index (χ1v) is 4.57. The summed E-state index contributed by atoms with van der Waals surface area (Å²) in [5, 5.41) is 0. The molecule has 2 heterocycles. The zero-order valence-corrected chi connectivity index (χ0v) is 6.34. The van der Waals surface area contributed by atoms with E-state index in [-0.39, 0.29) is 5.75 Å². The summed E-state index contributed by atoms with van der Waals surface area (Å²) in [5.74, 6) is 0.807. The Balaban J connectivity index is 2.28. The van der Waals surface area contributed by atoms with Crippen LogP contribution in [-0.2, 0) is 10.1 Å². The minimum Gasteiger partial charge on any atom is -0.427 e. The molecule has 11 heavy (non-hydrogen) atoms. The molecule has 1 aromatic heterocycles. The van der Waals surface area contributed by atoms with Crippen LogP contribution in [0.5, 0.6) is 17.4 Å². The van der Waals surface area contributed by atoms with Gasteiger partial charge in [0, 0.05) is 0 Å². The van der Waals surface area contributed by atoms with Crippen molar-refractivity contribution in [2.75, 3.05) is 6.26 Å². The van der Waals surface area contributed by atoms with Gasteiger partial charge in [0.2, 0.25) is 5.75 Å². The van der Waals surface area contributed by atoms with E-state index in [9.17, 15) is 8.42 Å². The lowest BCUT2D eigenvalue weighted by Crippen LogP contribution is -2.04. The molecule has 0 bridgehead atoms. The van der Waals surface area contributed by atoms with Crippen molar-refractivity contribution >= 4 is 10.1 Å². The molecule has 0 radical (unpaired) electrons. The van der Waals surface area contributed by atoms with E-state index >= 15 is 0 Å². The van der Waals surface area contributed by atoms with Crippen molar-refractivity contribution in [3.8, 4) is 17.4 Å². The fraction of sp³-hybridized carbons (Fsp3) is 0.200. The van der Waals surface area contributed by atoms with Crippen LogP contribution in [0, 0.1) is 0 Å². The van der Waals surface area contributed by atoms with Crippen LogP contribution in [0.25, 0.3) is 0 Å². The highest BCUT2D eigenvalue weighted by Gasteiger charge is 2.33. The third-order valence-corrected chi connectivity index (χ3v) is 1.56. The first-order chi connectivity index (χ1) is 5.06. The van der Waals surface area contributed by atoms with Gasteiger partial charge in [-0.15, -0.1) is 0 Å². The Kier molecular flexibility index (Phi) is 1.01. The summed E-state index contributed by atoms with van der Waals surface area (Å²) in [6, 6.07) is 0. The number of hydrogen-bond donors (Lipinski definition) is 0. The van der Waals surface area contributed by atoms with E-state index in [1.807, 2.05) is 0 Å². The number of ether oxygens (including phenoxy) is 1. The Hall–Kier alpha value is -1.17. The highest BCUT2D eigenvalue weighted by atomic mass is 32.2. The van der Waals surface area contributed by atoms with Crippen LogP contribution in [-0.4, -0.2) is 14.7 Å². The maximum Gasteiger partial charge on any atom is 0.339 e. The van der Waals surface area contributed by atoms with E-state index in [1.54, 1.807) is 0 Å². The van der Waals surface area contributed by atoms with E-state index in [1.165, 1.54) is 6.26 Å². The molecule has 0 N–H and O–H groups in total. The molecule has 0 amide bonds. The van der Waals surface area contributed by atoms with Gasteiger partial charge < -0.3 is 13.3 Å². The monoisotopic (exact) mass is 176 g/mol. The molecule has 1 aromatic rings. The lowest BCUT2D eigenvalue weighted by Gasteiger charge is -1.95. The number of rotatable bonds is 2. The highest BCUT2D eigenvalue weighted by Crippen LogP contribution is 2.54. The van der Waals surface area contributed by atoms with Gasteiger partial charge in [0.05, 0.1) is 6.26 Å². The molecule has 5 nitrogen and oxygen atoms in total. The first-order valence-electron chi connectivity index (χ1n) is 2.75. The van der Waals surface area contributed by atoms with Crippen LogP contribution < -0.4 is 8.92 Å². The average Bonchev–Trinajstić information content (AvgIpc) is 2.50. The summed E-state index contributed by atoms with van der Waals surface area (Å²) in [6.07, 6.45) is 2.14. The zero-order valence-electron chi connectivity index (χ0n) is 5.53.